The molecule has 1 N–H and O–H groups in total. The van der Waals surface area contributed by atoms with Gasteiger partial charge >= 0.3 is 0 Å². The van der Waals surface area contributed by atoms with Crippen molar-refractivity contribution in [2.24, 2.45) is 0 Å². The Morgan fingerprint density at radius 3 is 2.62 bits per heavy atom. The number of fused-ring (bicyclic) bond motifs is 2. The Morgan fingerprint density at radius 2 is 1.73 bits per heavy atom. The summed E-state index contributed by atoms with van der Waals surface area (Å²) >= 11 is 6.03. The van der Waals surface area contributed by atoms with E-state index in [1.165, 1.54) is 10.8 Å². The number of benzene rings is 3. The normalized spacial score (nSPS) is 16.0. The van der Waals surface area contributed by atoms with Crippen LogP contribution in [0.25, 0.3) is 16.5 Å². The fourth-order valence-corrected chi connectivity index (χ4v) is 3.51. The predicted molar refractivity (Wildman–Crippen MR) is 103 cm³/mol. The first-order valence-electron chi connectivity index (χ1n) is 8.30. The van der Waals surface area contributed by atoms with Crippen molar-refractivity contribution in [1.82, 2.24) is 20.2 Å². The number of halogens is 1. The first-order chi connectivity index (χ1) is 12.8. The summed E-state index contributed by atoms with van der Waals surface area (Å²) in [5.41, 5.74) is 3.15. The van der Waals surface area contributed by atoms with Gasteiger partial charge in [-0.2, -0.15) is 4.68 Å². The molecule has 6 heteroatoms. The molecule has 0 fully saturated rings. The summed E-state index contributed by atoms with van der Waals surface area (Å²) in [4.78, 5) is 0. The van der Waals surface area contributed by atoms with Gasteiger partial charge in [0, 0.05) is 10.7 Å². The van der Waals surface area contributed by atoms with Crippen LogP contribution in [0.15, 0.2) is 72.8 Å². The molecule has 1 unspecified atom stereocenters. The smallest absolute Gasteiger partial charge is 0.248 e. The molecule has 126 valence electrons. The zero-order valence-corrected chi connectivity index (χ0v) is 14.4. The highest BCUT2D eigenvalue weighted by Crippen LogP contribution is 2.35. The zero-order chi connectivity index (χ0) is 17.5. The van der Waals surface area contributed by atoms with Crippen molar-refractivity contribution < 1.29 is 0 Å². The third kappa shape index (κ3) is 2.45. The minimum Gasteiger partial charge on any atom is -0.323 e. The Kier molecular flexibility index (Phi) is 3.47. The number of tetrazole rings is 1. The molecule has 5 rings (SSSR count). The summed E-state index contributed by atoms with van der Waals surface area (Å²) < 4.78 is 1.81. The van der Waals surface area contributed by atoms with Crippen LogP contribution >= 0.6 is 11.6 Å². The van der Waals surface area contributed by atoms with Crippen molar-refractivity contribution in [1.29, 1.82) is 0 Å². The zero-order valence-electron chi connectivity index (χ0n) is 13.7. The Hall–Kier alpha value is -3.18. The maximum absolute atomic E-state index is 6.03. The Balaban J connectivity index is 1.70. The van der Waals surface area contributed by atoms with Crippen molar-refractivity contribution >= 4 is 34.0 Å². The molecular weight excluding hydrogens is 346 g/mol. The van der Waals surface area contributed by atoms with Crippen LogP contribution < -0.4 is 5.32 Å². The highest BCUT2D eigenvalue weighted by atomic mass is 35.5. The summed E-state index contributed by atoms with van der Waals surface area (Å²) in [5.74, 6) is 0.621. The summed E-state index contributed by atoms with van der Waals surface area (Å²) in [6.07, 6.45) is 2.15. The molecular formula is C20H14ClN5. The molecule has 1 atom stereocenters. The lowest BCUT2D eigenvalue weighted by Gasteiger charge is -2.24. The van der Waals surface area contributed by atoms with E-state index in [-0.39, 0.29) is 6.04 Å². The molecule has 4 aromatic rings. The second-order valence-corrected chi connectivity index (χ2v) is 6.61. The highest BCUT2D eigenvalue weighted by Gasteiger charge is 2.25. The molecule has 3 aromatic carbocycles. The van der Waals surface area contributed by atoms with E-state index in [2.05, 4.69) is 63.3 Å². The van der Waals surface area contributed by atoms with Gasteiger partial charge in [-0.1, -0.05) is 71.3 Å². The molecule has 0 amide bonds. The van der Waals surface area contributed by atoms with Gasteiger partial charge in [-0.3, -0.25) is 0 Å². The predicted octanol–water partition coefficient (Wildman–Crippen LogP) is 4.54. The number of nitrogens with zero attached hydrogens (tertiary/aromatic N) is 4. The average Bonchev–Trinajstić information content (AvgIpc) is 3.16. The number of hydrogen-bond donors (Lipinski definition) is 1. The molecule has 0 saturated carbocycles. The van der Waals surface area contributed by atoms with E-state index in [0.29, 0.717) is 11.0 Å². The average molecular weight is 360 g/mol. The monoisotopic (exact) mass is 359 g/mol. The number of anilines is 1. The second kappa shape index (κ2) is 5.97. The molecule has 2 heterocycles. The van der Waals surface area contributed by atoms with Crippen LogP contribution in [-0.4, -0.2) is 20.2 Å². The van der Waals surface area contributed by atoms with Crippen LogP contribution in [0.4, 0.5) is 5.95 Å². The molecule has 0 aliphatic carbocycles. The van der Waals surface area contributed by atoms with E-state index < -0.39 is 0 Å². The summed E-state index contributed by atoms with van der Waals surface area (Å²) in [5, 5.41) is 18.6. The highest BCUT2D eigenvalue weighted by molar-refractivity contribution is 6.30. The Labute approximate surface area is 154 Å². The summed E-state index contributed by atoms with van der Waals surface area (Å²) in [6.45, 7) is 0. The molecule has 0 bridgehead atoms. The Bertz CT molecular complexity index is 1130. The Morgan fingerprint density at radius 1 is 0.923 bits per heavy atom. The van der Waals surface area contributed by atoms with Gasteiger partial charge in [0.1, 0.15) is 6.04 Å². The quantitative estimate of drug-likeness (QED) is 0.571. The van der Waals surface area contributed by atoms with Gasteiger partial charge in [-0.15, -0.1) is 0 Å². The molecule has 1 aliphatic rings. The molecule has 26 heavy (non-hydrogen) atoms. The number of rotatable bonds is 2. The van der Waals surface area contributed by atoms with Crippen LogP contribution in [0, 0.1) is 0 Å². The topological polar surface area (TPSA) is 55.6 Å². The van der Waals surface area contributed by atoms with Gasteiger partial charge in [0.2, 0.25) is 5.95 Å². The maximum atomic E-state index is 6.03. The minimum atomic E-state index is -0.0990. The van der Waals surface area contributed by atoms with E-state index in [0.717, 1.165) is 16.8 Å². The van der Waals surface area contributed by atoms with Gasteiger partial charge < -0.3 is 5.32 Å². The number of nitrogens with one attached hydrogen (secondary N) is 1. The number of hydrogen-bond acceptors (Lipinski definition) is 4. The molecule has 0 saturated heterocycles. The minimum absolute atomic E-state index is 0.0990. The lowest BCUT2D eigenvalue weighted by molar-refractivity contribution is 0.589. The number of allylic oxidation sites excluding steroid dienone is 1. The third-order valence-corrected chi connectivity index (χ3v) is 4.88. The lowest BCUT2D eigenvalue weighted by atomic mass is 9.96. The van der Waals surface area contributed by atoms with E-state index in [9.17, 15) is 0 Å². The molecule has 0 radical (unpaired) electrons. The fraction of sp³-hybridized carbons (Fsp3) is 0.0500. The van der Waals surface area contributed by atoms with Crippen molar-refractivity contribution in [3.05, 3.63) is 89.0 Å². The van der Waals surface area contributed by atoms with Gasteiger partial charge in [0.05, 0.1) is 0 Å². The second-order valence-electron chi connectivity index (χ2n) is 6.17. The van der Waals surface area contributed by atoms with Crippen molar-refractivity contribution in [3.8, 4) is 0 Å². The van der Waals surface area contributed by atoms with Gasteiger partial charge in [-0.25, -0.2) is 0 Å². The maximum Gasteiger partial charge on any atom is 0.248 e. The van der Waals surface area contributed by atoms with Crippen molar-refractivity contribution in [2.45, 2.75) is 6.04 Å². The van der Waals surface area contributed by atoms with E-state index in [1.807, 2.05) is 30.3 Å². The van der Waals surface area contributed by atoms with Gasteiger partial charge in [0.25, 0.3) is 0 Å². The van der Waals surface area contributed by atoms with E-state index in [1.54, 1.807) is 4.68 Å². The molecule has 0 spiro atoms. The van der Waals surface area contributed by atoms with Crippen molar-refractivity contribution in [2.75, 3.05) is 5.32 Å². The molecule has 5 nitrogen and oxygen atoms in total. The SMILES string of the molecule is Clc1ccc(C2=CC(c3cccc4ccccc34)n3nnnc3N2)cc1. The van der Waals surface area contributed by atoms with Crippen molar-refractivity contribution in [3.63, 3.8) is 0 Å². The first-order valence-corrected chi connectivity index (χ1v) is 8.68. The largest absolute Gasteiger partial charge is 0.323 e. The van der Waals surface area contributed by atoms with Gasteiger partial charge in [-0.05, 0) is 50.5 Å². The fourth-order valence-electron chi connectivity index (χ4n) is 3.38. The summed E-state index contributed by atoms with van der Waals surface area (Å²) in [6, 6.07) is 22.3. The molecule has 1 aliphatic heterocycles. The van der Waals surface area contributed by atoms with Crippen LogP contribution in [0.3, 0.4) is 0 Å². The van der Waals surface area contributed by atoms with Crippen LogP contribution in [0.5, 0.6) is 0 Å². The van der Waals surface area contributed by atoms with Crippen LogP contribution in [0.1, 0.15) is 17.2 Å². The number of aromatic nitrogens is 4. The lowest BCUT2D eigenvalue weighted by Crippen LogP contribution is -2.20. The van der Waals surface area contributed by atoms with E-state index in [4.69, 9.17) is 11.6 Å². The standard InChI is InChI=1S/C20H14ClN5/c21-15-10-8-14(9-11-15)18-12-19(26-20(22-18)23-24-25-26)17-7-3-5-13-4-1-2-6-16(13)17/h1-12,19H,(H,22,23,25). The summed E-state index contributed by atoms with van der Waals surface area (Å²) in [7, 11) is 0. The molecule has 1 aromatic heterocycles. The van der Waals surface area contributed by atoms with Crippen LogP contribution in [-0.2, 0) is 0 Å². The van der Waals surface area contributed by atoms with Gasteiger partial charge in [0.15, 0.2) is 0 Å². The van der Waals surface area contributed by atoms with Crippen LogP contribution in [0.2, 0.25) is 5.02 Å². The van der Waals surface area contributed by atoms with E-state index >= 15 is 0 Å². The first kappa shape index (κ1) is 15.1. The third-order valence-electron chi connectivity index (χ3n) is 4.62.